The van der Waals surface area contributed by atoms with Crippen LogP contribution in [0.3, 0.4) is 0 Å². The van der Waals surface area contributed by atoms with Gasteiger partial charge in [-0.25, -0.2) is 9.40 Å². The predicted octanol–water partition coefficient (Wildman–Crippen LogP) is 5.16. The van der Waals surface area contributed by atoms with Gasteiger partial charge in [-0.15, -0.1) is 0 Å². The zero-order valence-electron chi connectivity index (χ0n) is 17.0. The maximum absolute atomic E-state index is 14.1. The molecule has 4 aromatic rings. The fourth-order valence-electron chi connectivity index (χ4n) is 3.77. The maximum Gasteiger partial charge on any atom is 0.434 e. The minimum atomic E-state index is -5.05. The van der Waals surface area contributed by atoms with E-state index in [0.29, 0.717) is 38.3 Å². The molecule has 2 aromatic heterocycles. The van der Waals surface area contributed by atoms with Gasteiger partial charge in [0.2, 0.25) is 0 Å². The van der Waals surface area contributed by atoms with Gasteiger partial charge in [-0.1, -0.05) is 12.1 Å². The van der Waals surface area contributed by atoms with E-state index in [4.69, 9.17) is 0 Å². The lowest BCUT2D eigenvalue weighted by Crippen LogP contribution is -2.21. The molecule has 2 N–H and O–H groups in total. The molecule has 5 rings (SSSR count). The number of anilines is 2. The molecule has 1 atom stereocenters. The normalized spacial score (nSPS) is 15.3. The molecule has 0 aliphatic carbocycles. The van der Waals surface area contributed by atoms with Crippen molar-refractivity contribution in [2.75, 3.05) is 10.0 Å². The van der Waals surface area contributed by atoms with Crippen molar-refractivity contribution in [3.05, 3.63) is 71.8 Å². The van der Waals surface area contributed by atoms with Crippen LogP contribution in [0.5, 0.6) is 0 Å². The Bertz CT molecular complexity index is 1480. The first kappa shape index (κ1) is 23.0. The highest BCUT2D eigenvalue weighted by Crippen LogP contribution is 2.42. The molecule has 1 amide bonds. The Morgan fingerprint density at radius 3 is 2.54 bits per heavy atom. The standard InChI is InChI=1S/C21H11F6N5O2S/c22-20(23,24)16-8-10(6-7-28-16)30-19(33)12-9-29-32(18(12)21(25,26)27)14-5-4-13-17-11(14)2-1-3-15(17)35(34)31-13/h1-9,31H,(H,28,30,33). The Kier molecular flexibility index (Phi) is 5.18. The summed E-state index contributed by atoms with van der Waals surface area (Å²) in [6, 6.07) is 8.93. The molecule has 0 radical (unpaired) electrons. The summed E-state index contributed by atoms with van der Waals surface area (Å²) in [6.45, 7) is 0. The molecule has 0 spiro atoms. The Labute approximate surface area is 195 Å². The third-order valence-corrected chi connectivity index (χ3v) is 6.35. The predicted molar refractivity (Wildman–Crippen MR) is 113 cm³/mol. The zero-order chi connectivity index (χ0) is 25.1. The van der Waals surface area contributed by atoms with E-state index < -0.39 is 52.3 Å². The highest BCUT2D eigenvalue weighted by molar-refractivity contribution is 7.93. The molecule has 0 saturated heterocycles. The minimum Gasteiger partial charge on any atom is -0.588 e. The van der Waals surface area contributed by atoms with Crippen LogP contribution in [-0.4, -0.2) is 25.2 Å². The molecule has 0 fully saturated rings. The molecule has 180 valence electrons. The van der Waals surface area contributed by atoms with Gasteiger partial charge >= 0.3 is 12.4 Å². The van der Waals surface area contributed by atoms with Gasteiger partial charge in [-0.2, -0.15) is 31.4 Å². The number of hydrogen-bond donors (Lipinski definition) is 2. The Morgan fingerprint density at radius 1 is 1.06 bits per heavy atom. The highest BCUT2D eigenvalue weighted by Gasteiger charge is 2.41. The van der Waals surface area contributed by atoms with Crippen LogP contribution in [-0.2, 0) is 23.7 Å². The number of rotatable bonds is 3. The highest BCUT2D eigenvalue weighted by atomic mass is 32.2. The van der Waals surface area contributed by atoms with Crippen LogP contribution in [0.15, 0.2) is 59.8 Å². The number of amides is 1. The van der Waals surface area contributed by atoms with Gasteiger partial charge in [0.1, 0.15) is 17.1 Å². The molecule has 35 heavy (non-hydrogen) atoms. The second kappa shape index (κ2) is 7.88. The first-order valence-electron chi connectivity index (χ1n) is 9.69. The first-order chi connectivity index (χ1) is 16.4. The molecular formula is C21H11F6N5O2S. The lowest BCUT2D eigenvalue weighted by molar-refractivity contribution is -0.143. The fourth-order valence-corrected chi connectivity index (χ4v) is 4.86. The molecule has 14 heteroatoms. The SMILES string of the molecule is O=C(Nc1ccnc(C(F)(F)F)c1)c1cnn(-c2ccc3c4c(cccc24)[S+]([O-])N3)c1C(F)(F)F. The molecule has 1 aliphatic heterocycles. The van der Waals surface area contributed by atoms with Gasteiger partial charge in [0.15, 0.2) is 10.6 Å². The van der Waals surface area contributed by atoms with Crippen molar-refractivity contribution in [3.63, 3.8) is 0 Å². The van der Waals surface area contributed by atoms with Crippen LogP contribution in [0, 0.1) is 0 Å². The van der Waals surface area contributed by atoms with Crippen LogP contribution in [0.2, 0.25) is 0 Å². The summed E-state index contributed by atoms with van der Waals surface area (Å²) in [6.07, 6.45) is -8.40. The van der Waals surface area contributed by atoms with Crippen LogP contribution in [0.1, 0.15) is 21.7 Å². The van der Waals surface area contributed by atoms with Crippen molar-refractivity contribution in [2.45, 2.75) is 17.2 Å². The van der Waals surface area contributed by atoms with E-state index in [2.05, 4.69) is 14.8 Å². The van der Waals surface area contributed by atoms with Crippen molar-refractivity contribution >= 4 is 39.4 Å². The summed E-state index contributed by atoms with van der Waals surface area (Å²) in [4.78, 5) is 16.2. The molecular weight excluding hydrogens is 500 g/mol. The van der Waals surface area contributed by atoms with Crippen LogP contribution >= 0.6 is 0 Å². The molecule has 0 saturated carbocycles. The lowest BCUT2D eigenvalue weighted by Gasteiger charge is -2.14. The van der Waals surface area contributed by atoms with E-state index in [1.54, 1.807) is 6.07 Å². The van der Waals surface area contributed by atoms with Crippen LogP contribution < -0.4 is 10.0 Å². The van der Waals surface area contributed by atoms with Gasteiger partial charge in [-0.3, -0.25) is 9.78 Å². The van der Waals surface area contributed by atoms with Gasteiger partial charge in [0.25, 0.3) is 5.91 Å². The second-order valence-electron chi connectivity index (χ2n) is 7.38. The third kappa shape index (κ3) is 3.93. The van der Waals surface area contributed by atoms with E-state index in [1.807, 2.05) is 5.32 Å². The Morgan fingerprint density at radius 2 is 1.83 bits per heavy atom. The van der Waals surface area contributed by atoms with Crippen molar-refractivity contribution in [2.24, 2.45) is 0 Å². The quantitative estimate of drug-likeness (QED) is 0.293. The number of hydrogen-bond acceptors (Lipinski definition) is 5. The number of pyridine rings is 1. The van der Waals surface area contributed by atoms with E-state index in [0.717, 1.165) is 12.3 Å². The molecule has 1 unspecified atom stereocenters. The van der Waals surface area contributed by atoms with Gasteiger partial charge < -0.3 is 9.87 Å². The average molecular weight is 511 g/mol. The number of benzene rings is 2. The largest absolute Gasteiger partial charge is 0.588 e. The molecule has 1 aliphatic rings. The number of aromatic nitrogens is 3. The van der Waals surface area contributed by atoms with Crippen molar-refractivity contribution < 1.29 is 35.7 Å². The monoisotopic (exact) mass is 511 g/mol. The molecule has 0 bridgehead atoms. The summed E-state index contributed by atoms with van der Waals surface area (Å²) < 4.78 is 96.5. The van der Waals surface area contributed by atoms with Gasteiger partial charge in [0.05, 0.1) is 28.5 Å². The van der Waals surface area contributed by atoms with E-state index in [9.17, 15) is 35.7 Å². The van der Waals surface area contributed by atoms with E-state index in [-0.39, 0.29) is 5.69 Å². The molecule has 7 nitrogen and oxygen atoms in total. The summed E-state index contributed by atoms with van der Waals surface area (Å²) in [5, 5.41) is 6.57. The maximum atomic E-state index is 14.1. The topological polar surface area (TPSA) is 94.9 Å². The van der Waals surface area contributed by atoms with Crippen molar-refractivity contribution in [3.8, 4) is 5.69 Å². The van der Waals surface area contributed by atoms with Crippen molar-refractivity contribution in [1.29, 1.82) is 0 Å². The van der Waals surface area contributed by atoms with E-state index in [1.165, 1.54) is 24.3 Å². The summed E-state index contributed by atoms with van der Waals surface area (Å²) in [5.41, 5.74) is -3.59. The fraction of sp³-hybridized carbons (Fsp3) is 0.0952. The van der Waals surface area contributed by atoms with Crippen LogP contribution in [0.25, 0.3) is 16.5 Å². The van der Waals surface area contributed by atoms with E-state index >= 15 is 0 Å². The second-order valence-corrected chi connectivity index (χ2v) is 8.56. The summed E-state index contributed by atoms with van der Waals surface area (Å²) >= 11 is -1.58. The number of carbonyl (C=O) groups excluding carboxylic acids is 1. The van der Waals surface area contributed by atoms with Crippen molar-refractivity contribution in [1.82, 2.24) is 14.8 Å². The number of carbonyl (C=O) groups is 1. The molecule has 2 aromatic carbocycles. The number of nitrogens with zero attached hydrogens (tertiary/aromatic N) is 3. The number of nitrogens with one attached hydrogen (secondary N) is 2. The summed E-state index contributed by atoms with van der Waals surface area (Å²) in [7, 11) is 0. The summed E-state index contributed by atoms with van der Waals surface area (Å²) in [5.74, 6) is -1.31. The van der Waals surface area contributed by atoms with Gasteiger partial charge in [-0.05, 0) is 30.3 Å². The smallest absolute Gasteiger partial charge is 0.434 e. The van der Waals surface area contributed by atoms with Gasteiger partial charge in [0, 0.05) is 17.3 Å². The Hall–Kier alpha value is -3.78. The van der Waals surface area contributed by atoms with Crippen LogP contribution in [0.4, 0.5) is 37.7 Å². The number of alkyl halides is 6. The lowest BCUT2D eigenvalue weighted by atomic mass is 10.1. The minimum absolute atomic E-state index is 0.0269. The average Bonchev–Trinajstić information content (AvgIpc) is 3.37. The molecule has 3 heterocycles. The number of halogens is 6. The Balaban J connectivity index is 1.60. The first-order valence-corrected chi connectivity index (χ1v) is 10.8. The zero-order valence-corrected chi connectivity index (χ0v) is 17.8. The third-order valence-electron chi connectivity index (χ3n) is 5.20.